The van der Waals surface area contributed by atoms with E-state index < -0.39 is 8.40 Å². The fraction of sp³-hybridized carbons (Fsp3) is 0.833. The second-order valence-corrected chi connectivity index (χ2v) is 7.58. The van der Waals surface area contributed by atoms with Gasteiger partial charge in [0.25, 0.3) is 8.40 Å². The van der Waals surface area contributed by atoms with Gasteiger partial charge < -0.3 is 13.9 Å². The molecule has 0 aromatic carbocycles. The van der Waals surface area contributed by atoms with Crippen LogP contribution in [0.25, 0.3) is 0 Å². The number of hydrogen-bond acceptors (Lipinski definition) is 3. The minimum Gasteiger partial charge on any atom is -0.385 e. The standard InChI is InChI=1S/C12H28N2OSi/c1-7-13(8-2)16(11-5,12-15-6)14(9-3)10-4/h11H,5,7-10,12H2,1-4,6H3. The van der Waals surface area contributed by atoms with Crippen LogP contribution in [0.15, 0.2) is 12.3 Å². The van der Waals surface area contributed by atoms with Crippen LogP contribution in [0.2, 0.25) is 0 Å². The maximum atomic E-state index is 5.47. The van der Waals surface area contributed by atoms with Crippen molar-refractivity contribution in [2.24, 2.45) is 0 Å². The lowest BCUT2D eigenvalue weighted by molar-refractivity contribution is 0.214. The maximum Gasteiger partial charge on any atom is 0.258 e. The van der Waals surface area contributed by atoms with Crippen molar-refractivity contribution in [2.45, 2.75) is 27.7 Å². The molecule has 0 saturated carbocycles. The zero-order valence-corrected chi connectivity index (χ0v) is 12.6. The Morgan fingerprint density at radius 2 is 1.38 bits per heavy atom. The van der Waals surface area contributed by atoms with E-state index in [-0.39, 0.29) is 0 Å². The van der Waals surface area contributed by atoms with Gasteiger partial charge in [0, 0.05) is 7.11 Å². The minimum atomic E-state index is -1.82. The molecule has 0 atom stereocenters. The molecule has 4 heteroatoms. The van der Waals surface area contributed by atoms with Gasteiger partial charge >= 0.3 is 0 Å². The van der Waals surface area contributed by atoms with Gasteiger partial charge in [0.05, 0.1) is 6.23 Å². The molecule has 0 aliphatic carbocycles. The molecule has 0 spiro atoms. The van der Waals surface area contributed by atoms with Crippen molar-refractivity contribution in [3.05, 3.63) is 12.3 Å². The Bertz CT molecular complexity index is 179. The monoisotopic (exact) mass is 244 g/mol. The molecule has 0 aromatic heterocycles. The SMILES string of the molecule is C=C[Si](COC)(N(CC)CC)N(CC)CC. The van der Waals surface area contributed by atoms with E-state index in [1.54, 1.807) is 7.11 Å². The molecule has 0 bridgehead atoms. The third-order valence-electron chi connectivity index (χ3n) is 3.31. The van der Waals surface area contributed by atoms with Crippen molar-refractivity contribution in [3.63, 3.8) is 0 Å². The van der Waals surface area contributed by atoms with Gasteiger partial charge in [-0.25, -0.2) is 0 Å². The summed E-state index contributed by atoms with van der Waals surface area (Å²) in [6, 6.07) is 0. The Morgan fingerprint density at radius 1 is 1.00 bits per heavy atom. The molecule has 0 amide bonds. The number of ether oxygens (including phenoxy) is 1. The highest BCUT2D eigenvalue weighted by Crippen LogP contribution is 2.17. The third kappa shape index (κ3) is 3.17. The summed E-state index contributed by atoms with van der Waals surface area (Å²) in [6.45, 7) is 17.2. The van der Waals surface area contributed by atoms with Crippen molar-refractivity contribution in [3.8, 4) is 0 Å². The summed E-state index contributed by atoms with van der Waals surface area (Å²) in [5.74, 6) is 0. The van der Waals surface area contributed by atoms with Crippen molar-refractivity contribution in [2.75, 3.05) is 39.5 Å². The summed E-state index contributed by atoms with van der Waals surface area (Å²) in [4.78, 5) is 0. The van der Waals surface area contributed by atoms with E-state index in [9.17, 15) is 0 Å². The Kier molecular flexibility index (Phi) is 7.92. The van der Waals surface area contributed by atoms with Gasteiger partial charge in [0.2, 0.25) is 0 Å². The molecular formula is C12H28N2OSi. The smallest absolute Gasteiger partial charge is 0.258 e. The molecule has 0 saturated heterocycles. The summed E-state index contributed by atoms with van der Waals surface area (Å²) < 4.78 is 10.6. The lowest BCUT2D eigenvalue weighted by Gasteiger charge is -2.45. The van der Waals surface area contributed by atoms with Crippen LogP contribution < -0.4 is 0 Å². The Balaban J connectivity index is 5.16. The van der Waals surface area contributed by atoms with E-state index in [1.165, 1.54) is 0 Å². The Labute approximate surface area is 102 Å². The van der Waals surface area contributed by atoms with Crippen LogP contribution >= 0.6 is 0 Å². The number of nitrogens with zero attached hydrogens (tertiary/aromatic N) is 2. The average Bonchev–Trinajstić information content (AvgIpc) is 2.31. The Morgan fingerprint density at radius 3 is 1.56 bits per heavy atom. The quantitative estimate of drug-likeness (QED) is 0.577. The predicted molar refractivity (Wildman–Crippen MR) is 73.7 cm³/mol. The summed E-state index contributed by atoms with van der Waals surface area (Å²) >= 11 is 0. The van der Waals surface area contributed by atoms with Crippen LogP contribution in [0.5, 0.6) is 0 Å². The van der Waals surface area contributed by atoms with E-state index >= 15 is 0 Å². The van der Waals surface area contributed by atoms with Crippen molar-refractivity contribution in [1.82, 2.24) is 9.13 Å². The van der Waals surface area contributed by atoms with Gasteiger partial charge in [-0.2, -0.15) is 0 Å². The third-order valence-corrected chi connectivity index (χ3v) is 8.13. The highest BCUT2D eigenvalue weighted by Gasteiger charge is 2.40. The van der Waals surface area contributed by atoms with Gasteiger partial charge in [0.15, 0.2) is 0 Å². The molecule has 0 aromatic rings. The second-order valence-electron chi connectivity index (χ2n) is 3.86. The average molecular weight is 244 g/mol. The van der Waals surface area contributed by atoms with Crippen LogP contribution in [-0.4, -0.2) is 57.0 Å². The molecule has 0 radical (unpaired) electrons. The first-order valence-electron chi connectivity index (χ1n) is 6.29. The van der Waals surface area contributed by atoms with Gasteiger partial charge in [-0.05, 0) is 26.2 Å². The highest BCUT2D eigenvalue weighted by molar-refractivity contribution is 6.79. The molecule has 0 fully saturated rings. The highest BCUT2D eigenvalue weighted by atomic mass is 28.3. The summed E-state index contributed by atoms with van der Waals surface area (Å²) in [7, 11) is -0.0301. The van der Waals surface area contributed by atoms with Crippen LogP contribution in [0.3, 0.4) is 0 Å². The zero-order valence-electron chi connectivity index (χ0n) is 11.6. The van der Waals surface area contributed by atoms with E-state index in [4.69, 9.17) is 4.74 Å². The molecule has 16 heavy (non-hydrogen) atoms. The second kappa shape index (κ2) is 8.01. The van der Waals surface area contributed by atoms with Crippen molar-refractivity contribution in [1.29, 1.82) is 0 Å². The lowest BCUT2D eigenvalue weighted by atomic mass is 10.7. The van der Waals surface area contributed by atoms with Crippen molar-refractivity contribution >= 4 is 8.40 Å². The molecule has 0 unspecified atom stereocenters. The molecule has 0 aliphatic rings. The maximum absolute atomic E-state index is 5.47. The van der Waals surface area contributed by atoms with E-state index in [0.29, 0.717) is 0 Å². The van der Waals surface area contributed by atoms with E-state index in [1.807, 2.05) is 0 Å². The van der Waals surface area contributed by atoms with E-state index in [0.717, 1.165) is 32.4 Å². The minimum absolute atomic E-state index is 0.805. The first-order valence-corrected chi connectivity index (χ1v) is 8.47. The predicted octanol–water partition coefficient (Wildman–Crippen LogP) is 2.02. The van der Waals surface area contributed by atoms with Gasteiger partial charge in [-0.1, -0.05) is 33.4 Å². The Hall–Kier alpha value is -0.163. The fourth-order valence-electron chi connectivity index (χ4n) is 2.45. The first-order chi connectivity index (χ1) is 7.66. The summed E-state index contributed by atoms with van der Waals surface area (Å²) in [5.41, 5.74) is 2.16. The largest absolute Gasteiger partial charge is 0.385 e. The molecule has 0 N–H and O–H groups in total. The number of hydrogen-bond donors (Lipinski definition) is 0. The van der Waals surface area contributed by atoms with Crippen LogP contribution in [0.4, 0.5) is 0 Å². The van der Waals surface area contributed by atoms with Gasteiger partial charge in [0.1, 0.15) is 0 Å². The summed E-state index contributed by atoms with van der Waals surface area (Å²) in [5, 5.41) is 0. The van der Waals surface area contributed by atoms with Crippen LogP contribution in [0.1, 0.15) is 27.7 Å². The van der Waals surface area contributed by atoms with Crippen molar-refractivity contribution < 1.29 is 4.74 Å². The first kappa shape index (κ1) is 15.8. The van der Waals surface area contributed by atoms with Gasteiger partial charge in [-0.15, -0.1) is 6.58 Å². The molecular weight excluding hydrogens is 216 g/mol. The fourth-order valence-corrected chi connectivity index (χ4v) is 6.47. The van der Waals surface area contributed by atoms with Crippen LogP contribution in [-0.2, 0) is 4.74 Å². The zero-order chi connectivity index (χ0) is 12.6. The molecule has 0 rings (SSSR count). The molecule has 0 aliphatic heterocycles. The van der Waals surface area contributed by atoms with Gasteiger partial charge in [-0.3, -0.25) is 0 Å². The number of methoxy groups -OCH3 is 1. The lowest BCUT2D eigenvalue weighted by Crippen LogP contribution is -2.67. The molecule has 3 nitrogen and oxygen atoms in total. The number of rotatable bonds is 9. The molecule has 0 heterocycles. The topological polar surface area (TPSA) is 15.7 Å². The summed E-state index contributed by atoms with van der Waals surface area (Å²) in [6.07, 6.45) is 0.805. The van der Waals surface area contributed by atoms with Crippen LogP contribution in [0, 0.1) is 0 Å². The molecule has 96 valence electrons. The van der Waals surface area contributed by atoms with E-state index in [2.05, 4.69) is 49.1 Å². The normalized spacial score (nSPS) is 12.4.